The van der Waals surface area contributed by atoms with E-state index in [-0.39, 0.29) is 0 Å². The van der Waals surface area contributed by atoms with E-state index in [1.807, 2.05) is 13.0 Å². The van der Waals surface area contributed by atoms with Crippen molar-refractivity contribution >= 4 is 34.1 Å². The quantitative estimate of drug-likeness (QED) is 0.581. The summed E-state index contributed by atoms with van der Waals surface area (Å²) in [4.78, 5) is 23.9. The average molecular weight is 394 g/mol. The molecule has 5 nitrogen and oxygen atoms in total. The molecule has 3 rings (SSSR count). The second-order valence-corrected chi connectivity index (χ2v) is 6.80. The van der Waals surface area contributed by atoms with Crippen LogP contribution in [-0.2, 0) is 6.54 Å². The van der Waals surface area contributed by atoms with Gasteiger partial charge in [-0.15, -0.1) is 0 Å². The molecule has 0 bridgehead atoms. The lowest BCUT2D eigenvalue weighted by atomic mass is 10.1. The summed E-state index contributed by atoms with van der Waals surface area (Å²) >= 11 is 12.0. The molecule has 0 amide bonds. The number of rotatable bonds is 6. The van der Waals surface area contributed by atoms with Gasteiger partial charge in [0.2, 0.25) is 0 Å². The summed E-state index contributed by atoms with van der Waals surface area (Å²) in [5, 5.41) is 1.46. The van der Waals surface area contributed by atoms with Gasteiger partial charge in [-0.3, -0.25) is 4.57 Å². The molecule has 0 aliphatic heterocycles. The van der Waals surface area contributed by atoms with Crippen LogP contribution in [0.2, 0.25) is 10.0 Å². The zero-order chi connectivity index (χ0) is 18.7. The fourth-order valence-electron chi connectivity index (χ4n) is 2.69. The van der Waals surface area contributed by atoms with Crippen molar-refractivity contribution < 1.29 is 9.15 Å². The van der Waals surface area contributed by atoms with E-state index in [0.717, 1.165) is 5.56 Å². The lowest BCUT2D eigenvalue weighted by molar-refractivity contribution is 0.301. The van der Waals surface area contributed by atoms with Crippen LogP contribution in [0.3, 0.4) is 0 Å². The molecular formula is C19H17Cl2NO4. The van der Waals surface area contributed by atoms with Crippen molar-refractivity contribution in [2.24, 2.45) is 0 Å². The highest BCUT2D eigenvalue weighted by Crippen LogP contribution is 2.27. The van der Waals surface area contributed by atoms with E-state index < -0.39 is 11.4 Å². The molecule has 1 aromatic heterocycles. The number of benzene rings is 2. The van der Waals surface area contributed by atoms with Crippen LogP contribution >= 0.6 is 23.2 Å². The highest BCUT2D eigenvalue weighted by Gasteiger charge is 2.09. The van der Waals surface area contributed by atoms with Crippen LogP contribution in [0, 0.1) is 6.92 Å². The molecule has 2 aromatic carbocycles. The number of hydrogen-bond donors (Lipinski definition) is 0. The van der Waals surface area contributed by atoms with Gasteiger partial charge in [-0.1, -0.05) is 34.8 Å². The first-order valence-electron chi connectivity index (χ1n) is 8.18. The molecule has 0 fully saturated rings. The second-order valence-electron chi connectivity index (χ2n) is 5.96. The van der Waals surface area contributed by atoms with E-state index in [2.05, 4.69) is 0 Å². The summed E-state index contributed by atoms with van der Waals surface area (Å²) in [6.45, 7) is 2.74. The maximum Gasteiger partial charge on any atom is 0.422 e. The van der Waals surface area contributed by atoms with Gasteiger partial charge in [0.25, 0.3) is 0 Å². The Balaban J connectivity index is 1.66. The summed E-state index contributed by atoms with van der Waals surface area (Å²) in [5.74, 6) is -0.117. The third-order valence-corrected chi connectivity index (χ3v) is 4.54. The van der Waals surface area contributed by atoms with Gasteiger partial charge in [0, 0.05) is 17.6 Å². The maximum absolute atomic E-state index is 12.0. The van der Waals surface area contributed by atoms with E-state index in [4.69, 9.17) is 32.4 Å². The molecule has 0 saturated heterocycles. The predicted octanol–water partition coefficient (Wildman–Crippen LogP) is 4.43. The number of halogens is 2. The van der Waals surface area contributed by atoms with Gasteiger partial charge in [-0.2, -0.15) is 0 Å². The molecule has 0 saturated carbocycles. The fraction of sp³-hybridized carbons (Fsp3) is 0.263. The molecule has 0 atom stereocenters. The highest BCUT2D eigenvalue weighted by atomic mass is 35.5. The van der Waals surface area contributed by atoms with Gasteiger partial charge in [0.05, 0.1) is 22.5 Å². The SMILES string of the molecule is Cc1ccc2c(c1)c(=O)oc(=O)n2CCCCOc1cc(Cl)ccc1Cl. The Bertz CT molecular complexity index is 1060. The minimum Gasteiger partial charge on any atom is -0.492 e. The number of hydrogen-bond acceptors (Lipinski definition) is 4. The van der Waals surface area contributed by atoms with Crippen molar-refractivity contribution in [3.05, 3.63) is 73.0 Å². The molecule has 0 radical (unpaired) electrons. The Morgan fingerprint density at radius 3 is 2.69 bits per heavy atom. The summed E-state index contributed by atoms with van der Waals surface area (Å²) in [6.07, 6.45) is 1.37. The van der Waals surface area contributed by atoms with Crippen molar-refractivity contribution in [2.45, 2.75) is 26.3 Å². The first kappa shape index (κ1) is 18.5. The maximum atomic E-state index is 12.0. The summed E-state index contributed by atoms with van der Waals surface area (Å²) < 4.78 is 11.9. The largest absolute Gasteiger partial charge is 0.492 e. The van der Waals surface area contributed by atoms with Crippen molar-refractivity contribution in [2.75, 3.05) is 6.61 Å². The minimum atomic E-state index is -0.648. The minimum absolute atomic E-state index is 0.409. The van der Waals surface area contributed by atoms with Crippen molar-refractivity contribution in [3.63, 3.8) is 0 Å². The summed E-state index contributed by atoms with van der Waals surface area (Å²) in [6, 6.07) is 10.4. The van der Waals surface area contributed by atoms with Crippen molar-refractivity contribution in [1.29, 1.82) is 0 Å². The molecule has 7 heteroatoms. The molecule has 26 heavy (non-hydrogen) atoms. The Morgan fingerprint density at radius 2 is 1.88 bits per heavy atom. The number of fused-ring (bicyclic) bond motifs is 1. The molecule has 3 aromatic rings. The van der Waals surface area contributed by atoms with Crippen LogP contribution in [0.1, 0.15) is 18.4 Å². The van der Waals surface area contributed by atoms with Gasteiger partial charge in [0.1, 0.15) is 5.75 Å². The third kappa shape index (κ3) is 4.11. The number of aromatic nitrogens is 1. The van der Waals surface area contributed by atoms with E-state index in [1.54, 1.807) is 30.3 Å². The van der Waals surface area contributed by atoms with Crippen LogP contribution in [0.15, 0.2) is 50.4 Å². The van der Waals surface area contributed by atoms with Crippen molar-refractivity contribution in [1.82, 2.24) is 4.57 Å². The zero-order valence-electron chi connectivity index (χ0n) is 14.1. The number of aryl methyl sites for hydroxylation is 2. The zero-order valence-corrected chi connectivity index (χ0v) is 15.6. The fourth-order valence-corrected chi connectivity index (χ4v) is 3.02. The topological polar surface area (TPSA) is 61.4 Å². The lowest BCUT2D eigenvalue weighted by Gasteiger charge is -2.10. The molecule has 0 spiro atoms. The number of nitrogens with zero attached hydrogens (tertiary/aromatic N) is 1. The van der Waals surface area contributed by atoms with Crippen LogP contribution in [0.25, 0.3) is 10.9 Å². The predicted molar refractivity (Wildman–Crippen MR) is 103 cm³/mol. The number of unbranched alkanes of at least 4 members (excludes halogenated alkanes) is 1. The summed E-state index contributed by atoms with van der Waals surface area (Å²) in [7, 11) is 0. The van der Waals surface area contributed by atoms with Gasteiger partial charge in [-0.25, -0.2) is 9.59 Å². The Hall–Kier alpha value is -2.24. The van der Waals surface area contributed by atoms with Crippen LogP contribution in [-0.4, -0.2) is 11.2 Å². The number of ether oxygens (including phenoxy) is 1. The average Bonchev–Trinajstić information content (AvgIpc) is 2.60. The van der Waals surface area contributed by atoms with E-state index in [0.29, 0.717) is 52.7 Å². The lowest BCUT2D eigenvalue weighted by Crippen LogP contribution is -2.25. The van der Waals surface area contributed by atoms with E-state index in [1.165, 1.54) is 4.57 Å². The standard InChI is InChI=1S/C19H17Cl2NO4/c1-12-4-7-16-14(10-12)18(23)26-19(24)22(16)8-2-3-9-25-17-11-13(20)5-6-15(17)21/h4-7,10-11H,2-3,8-9H2,1H3. The van der Waals surface area contributed by atoms with Gasteiger partial charge in [0.15, 0.2) is 0 Å². The Morgan fingerprint density at radius 1 is 1.08 bits per heavy atom. The van der Waals surface area contributed by atoms with Gasteiger partial charge >= 0.3 is 11.4 Å². The van der Waals surface area contributed by atoms with Crippen LogP contribution in [0.4, 0.5) is 0 Å². The normalized spacial score (nSPS) is 11.0. The van der Waals surface area contributed by atoms with Crippen LogP contribution in [0.5, 0.6) is 5.75 Å². The first-order valence-corrected chi connectivity index (χ1v) is 8.93. The van der Waals surface area contributed by atoms with Crippen LogP contribution < -0.4 is 16.1 Å². The Labute approximate surface area is 159 Å². The molecule has 1 heterocycles. The van der Waals surface area contributed by atoms with Crippen molar-refractivity contribution in [3.8, 4) is 5.75 Å². The molecular weight excluding hydrogens is 377 g/mol. The molecule has 0 aliphatic carbocycles. The van der Waals surface area contributed by atoms with Gasteiger partial charge in [-0.05, 0) is 44.0 Å². The second kappa shape index (κ2) is 7.98. The summed E-state index contributed by atoms with van der Waals surface area (Å²) in [5.41, 5.74) is 0.904. The van der Waals surface area contributed by atoms with E-state index >= 15 is 0 Å². The Kier molecular flexibility index (Phi) is 5.69. The third-order valence-electron chi connectivity index (χ3n) is 3.99. The molecule has 136 valence electrons. The molecule has 0 N–H and O–H groups in total. The molecule has 0 unspecified atom stereocenters. The van der Waals surface area contributed by atoms with Gasteiger partial charge < -0.3 is 9.15 Å². The first-order chi connectivity index (χ1) is 12.5. The highest BCUT2D eigenvalue weighted by molar-refractivity contribution is 6.34. The molecule has 0 aliphatic rings. The monoisotopic (exact) mass is 393 g/mol. The smallest absolute Gasteiger partial charge is 0.422 e. The van der Waals surface area contributed by atoms with E-state index in [9.17, 15) is 9.59 Å².